The summed E-state index contributed by atoms with van der Waals surface area (Å²) in [7, 11) is 0. The van der Waals surface area contributed by atoms with E-state index in [1.54, 1.807) is 0 Å². The first kappa shape index (κ1) is 10.3. The van der Waals surface area contributed by atoms with Gasteiger partial charge in [0.05, 0.1) is 13.2 Å². The number of hydrogen-bond donors (Lipinski definition) is 2. The zero-order chi connectivity index (χ0) is 8.53. The van der Waals surface area contributed by atoms with Crippen LogP contribution in [0.25, 0.3) is 0 Å². The van der Waals surface area contributed by atoms with Crippen LogP contribution >= 0.6 is 0 Å². The molecule has 6 nitrogen and oxygen atoms in total. The summed E-state index contributed by atoms with van der Waals surface area (Å²) in [6, 6.07) is 0. The summed E-state index contributed by atoms with van der Waals surface area (Å²) < 4.78 is 5.01. The zero-order valence-electron chi connectivity index (χ0n) is 6.15. The minimum absolute atomic E-state index is 0.819. The molecule has 1 heterocycles. The molecule has 1 aliphatic rings. The second kappa shape index (κ2) is 7.39. The maximum atomic E-state index is 8.92. The molecule has 6 heteroatoms. The lowest BCUT2D eigenvalue weighted by molar-refractivity contribution is -0.520. The second-order valence-electron chi connectivity index (χ2n) is 1.84. The largest absolute Gasteiger partial charge is 0.379 e. The summed E-state index contributed by atoms with van der Waals surface area (Å²) in [5.74, 6) is 0. The van der Waals surface area contributed by atoms with Gasteiger partial charge in [0.2, 0.25) is 0 Å². The Morgan fingerprint density at radius 3 is 2.09 bits per heavy atom. The highest BCUT2D eigenvalue weighted by atomic mass is 16.6. The number of nitrogens with one attached hydrogen (secondary N) is 1. The molecule has 0 unspecified atom stereocenters. The van der Waals surface area contributed by atoms with E-state index in [1.807, 2.05) is 0 Å². The lowest BCUT2D eigenvalue weighted by Crippen LogP contribution is -2.30. The van der Waals surface area contributed by atoms with Crippen molar-refractivity contribution in [2.75, 3.05) is 33.0 Å². The van der Waals surface area contributed by atoms with E-state index in [4.69, 9.17) is 20.0 Å². The number of morpholine rings is 1. The van der Waals surface area contributed by atoms with Gasteiger partial charge >= 0.3 is 6.73 Å². The normalized spacial score (nSPS) is 16.5. The molecule has 1 aliphatic heterocycles. The van der Waals surface area contributed by atoms with Crippen molar-refractivity contribution in [2.45, 2.75) is 0 Å². The fourth-order valence-electron chi connectivity index (χ4n) is 0.516. The highest BCUT2D eigenvalue weighted by Gasteiger charge is 1.92. The van der Waals surface area contributed by atoms with Crippen LogP contribution in [0.1, 0.15) is 0 Å². The van der Waals surface area contributed by atoms with E-state index >= 15 is 0 Å². The fraction of sp³-hybridized carbons (Fsp3) is 1.00. The highest BCUT2D eigenvalue weighted by Crippen LogP contribution is 1.76. The first-order chi connectivity index (χ1) is 5.27. The van der Waals surface area contributed by atoms with Crippen molar-refractivity contribution in [3.05, 3.63) is 10.1 Å². The quantitative estimate of drug-likeness (QED) is 0.289. The lowest BCUT2D eigenvalue weighted by Gasteiger charge is -2.10. The molecule has 1 rings (SSSR count). The third-order valence-electron chi connectivity index (χ3n) is 0.962. The van der Waals surface area contributed by atoms with Crippen LogP contribution in [0.4, 0.5) is 0 Å². The molecule has 0 aromatic heterocycles. The van der Waals surface area contributed by atoms with Crippen molar-refractivity contribution in [3.8, 4) is 0 Å². The Labute approximate surface area is 64.3 Å². The van der Waals surface area contributed by atoms with Gasteiger partial charge in [-0.2, -0.15) is 0 Å². The molecule has 0 aliphatic carbocycles. The summed E-state index contributed by atoms with van der Waals surface area (Å²) in [5, 5.41) is 19.5. The zero-order valence-corrected chi connectivity index (χ0v) is 6.15. The molecule has 0 bridgehead atoms. The van der Waals surface area contributed by atoms with Crippen molar-refractivity contribution in [3.63, 3.8) is 0 Å². The Hall–Kier alpha value is -0.720. The summed E-state index contributed by atoms with van der Waals surface area (Å²) in [6.45, 7) is 2.86. The molecule has 0 aromatic rings. The van der Waals surface area contributed by atoms with E-state index in [-0.39, 0.29) is 0 Å². The maximum absolute atomic E-state index is 8.92. The number of hydrogen-bond acceptors (Lipinski definition) is 5. The van der Waals surface area contributed by atoms with E-state index < -0.39 is 11.7 Å². The van der Waals surface area contributed by atoms with Gasteiger partial charge in [-0.1, -0.05) is 0 Å². The molecular weight excluding hydrogens is 152 g/mol. The number of aliphatic hydroxyl groups excluding tert-OH is 1. The smallest absolute Gasteiger partial charge is 0.303 e. The molecular formula is C5H12N2O4. The van der Waals surface area contributed by atoms with Crippen LogP contribution < -0.4 is 5.32 Å². The van der Waals surface area contributed by atoms with Gasteiger partial charge in [0.25, 0.3) is 0 Å². The van der Waals surface area contributed by atoms with Crippen molar-refractivity contribution in [1.29, 1.82) is 0 Å². The van der Waals surface area contributed by atoms with Crippen molar-refractivity contribution >= 4 is 0 Å². The van der Waals surface area contributed by atoms with Crippen LogP contribution in [0.3, 0.4) is 0 Å². The third kappa shape index (κ3) is 9.28. The van der Waals surface area contributed by atoms with Crippen molar-refractivity contribution in [2.24, 2.45) is 0 Å². The minimum atomic E-state index is -0.972. The SMILES string of the molecule is C1COCCN1.O=[N+]([O-])CO. The monoisotopic (exact) mass is 164 g/mol. The van der Waals surface area contributed by atoms with Crippen LogP contribution in [-0.2, 0) is 4.74 Å². The van der Waals surface area contributed by atoms with E-state index in [0.29, 0.717) is 0 Å². The van der Waals surface area contributed by atoms with E-state index in [1.165, 1.54) is 0 Å². The van der Waals surface area contributed by atoms with E-state index in [9.17, 15) is 0 Å². The molecule has 1 fully saturated rings. The molecule has 2 N–H and O–H groups in total. The maximum Gasteiger partial charge on any atom is 0.303 e. The van der Waals surface area contributed by atoms with Gasteiger partial charge in [-0.3, -0.25) is 10.1 Å². The topological polar surface area (TPSA) is 84.6 Å². The molecule has 0 radical (unpaired) electrons. The first-order valence-corrected chi connectivity index (χ1v) is 3.28. The van der Waals surface area contributed by atoms with Crippen LogP contribution in [0.2, 0.25) is 0 Å². The number of nitrogens with zero attached hydrogens (tertiary/aromatic N) is 1. The van der Waals surface area contributed by atoms with Gasteiger partial charge in [-0.15, -0.1) is 0 Å². The van der Waals surface area contributed by atoms with Gasteiger partial charge in [-0.25, -0.2) is 0 Å². The predicted octanol–water partition coefficient (Wildman–Crippen LogP) is -1.18. The molecule has 0 spiro atoms. The van der Waals surface area contributed by atoms with Crippen LogP contribution in [0, 0.1) is 10.1 Å². The van der Waals surface area contributed by atoms with Crippen molar-refractivity contribution in [1.82, 2.24) is 5.32 Å². The number of nitro groups is 1. The molecule has 1 saturated heterocycles. The average Bonchev–Trinajstić information content (AvgIpc) is 2.09. The second-order valence-corrected chi connectivity index (χ2v) is 1.84. The summed E-state index contributed by atoms with van der Waals surface area (Å²) in [6.07, 6.45) is 0. The Morgan fingerprint density at radius 2 is 2.00 bits per heavy atom. The van der Waals surface area contributed by atoms with E-state index in [0.717, 1.165) is 26.3 Å². The number of rotatable bonds is 1. The molecule has 0 aromatic carbocycles. The Bertz CT molecular complexity index is 93.1. The molecule has 0 saturated carbocycles. The minimum Gasteiger partial charge on any atom is -0.379 e. The van der Waals surface area contributed by atoms with Crippen LogP contribution in [0.5, 0.6) is 0 Å². The Kier molecular flexibility index (Phi) is 6.90. The molecule has 0 amide bonds. The predicted molar refractivity (Wildman–Crippen MR) is 37.8 cm³/mol. The van der Waals surface area contributed by atoms with Crippen LogP contribution in [0.15, 0.2) is 0 Å². The molecule has 0 atom stereocenters. The van der Waals surface area contributed by atoms with Crippen LogP contribution in [-0.4, -0.2) is 43.1 Å². The van der Waals surface area contributed by atoms with Gasteiger partial charge < -0.3 is 15.2 Å². The highest BCUT2D eigenvalue weighted by molar-refractivity contribution is 4.49. The number of ether oxygens (including phenoxy) is 1. The average molecular weight is 164 g/mol. The van der Waals surface area contributed by atoms with Gasteiger partial charge in [0, 0.05) is 18.0 Å². The Balaban J connectivity index is 0.000000187. The van der Waals surface area contributed by atoms with Gasteiger partial charge in [-0.05, 0) is 0 Å². The first-order valence-electron chi connectivity index (χ1n) is 3.28. The fourth-order valence-corrected chi connectivity index (χ4v) is 0.516. The molecule has 11 heavy (non-hydrogen) atoms. The summed E-state index contributed by atoms with van der Waals surface area (Å²) in [4.78, 5) is 8.10. The Morgan fingerprint density at radius 1 is 1.55 bits per heavy atom. The standard InChI is InChI=1S/C4H9NO.CH3NO3/c1-3-6-4-2-5-1;3-1-2(4)5/h5H,1-4H2;3H,1H2. The summed E-state index contributed by atoms with van der Waals surface area (Å²) >= 11 is 0. The lowest BCUT2D eigenvalue weighted by atomic mass is 10.5. The van der Waals surface area contributed by atoms with Gasteiger partial charge in [0.15, 0.2) is 0 Å². The molecule has 66 valence electrons. The van der Waals surface area contributed by atoms with E-state index in [2.05, 4.69) is 5.32 Å². The van der Waals surface area contributed by atoms with Gasteiger partial charge in [0.1, 0.15) is 0 Å². The summed E-state index contributed by atoms with van der Waals surface area (Å²) in [5.41, 5.74) is 0. The van der Waals surface area contributed by atoms with Crippen molar-refractivity contribution < 1.29 is 14.8 Å². The third-order valence-corrected chi connectivity index (χ3v) is 0.962. The number of aliphatic hydroxyl groups is 1.